The molecular formula is C22H27NO4. The quantitative estimate of drug-likeness (QED) is 0.640. The maximum Gasteiger partial charge on any atom is 0.333 e. The lowest BCUT2D eigenvalue weighted by Gasteiger charge is -2.43. The Balaban J connectivity index is 2.20. The van der Waals surface area contributed by atoms with E-state index in [-0.39, 0.29) is 0 Å². The Kier molecular flexibility index (Phi) is 4.87. The van der Waals surface area contributed by atoms with Gasteiger partial charge in [0.15, 0.2) is 11.1 Å². The zero-order valence-electron chi connectivity index (χ0n) is 16.3. The van der Waals surface area contributed by atoms with Gasteiger partial charge in [-0.3, -0.25) is 10.1 Å². The maximum absolute atomic E-state index is 13.8. The number of rotatable bonds is 4. The monoisotopic (exact) mass is 369 g/mol. The van der Waals surface area contributed by atoms with Gasteiger partial charge in [-0.25, -0.2) is 4.79 Å². The molecule has 1 heterocycles. The van der Waals surface area contributed by atoms with Crippen molar-refractivity contribution in [2.45, 2.75) is 44.8 Å². The fourth-order valence-corrected chi connectivity index (χ4v) is 4.01. The van der Waals surface area contributed by atoms with Gasteiger partial charge in [0.05, 0.1) is 7.11 Å². The molecule has 1 saturated heterocycles. The van der Waals surface area contributed by atoms with Gasteiger partial charge in [0, 0.05) is 5.41 Å². The fraction of sp³-hybridized carbons (Fsp3) is 0.455. The zero-order chi connectivity index (χ0) is 19.9. The van der Waals surface area contributed by atoms with Crippen LogP contribution in [0.25, 0.3) is 10.8 Å². The molecule has 2 aromatic carbocycles. The van der Waals surface area contributed by atoms with E-state index in [2.05, 4.69) is 5.32 Å². The standard InChI is InChI=1S/C22H27NO4/c1-20(2,3)22(26,17-11-10-15-8-5-6-9-16(15)14-17)18(24)21(19(25)27-4)12-7-13-23-21/h5-6,8-11,14,23,26H,7,12-13H2,1-4H3/t21-,22?/m1/s1. The Morgan fingerprint density at radius 3 is 2.33 bits per heavy atom. The van der Waals surface area contributed by atoms with E-state index in [9.17, 15) is 14.7 Å². The first-order valence-electron chi connectivity index (χ1n) is 9.27. The van der Waals surface area contributed by atoms with Gasteiger partial charge in [-0.15, -0.1) is 0 Å². The molecule has 2 atom stereocenters. The minimum absolute atomic E-state index is 0.310. The molecule has 0 aromatic heterocycles. The Morgan fingerprint density at radius 2 is 1.78 bits per heavy atom. The van der Waals surface area contributed by atoms with Crippen LogP contribution in [-0.2, 0) is 19.9 Å². The van der Waals surface area contributed by atoms with E-state index in [1.807, 2.05) is 36.4 Å². The van der Waals surface area contributed by atoms with Gasteiger partial charge < -0.3 is 9.84 Å². The van der Waals surface area contributed by atoms with E-state index in [1.54, 1.807) is 26.8 Å². The Labute approximate surface area is 159 Å². The number of ketones is 1. The molecule has 0 radical (unpaired) electrons. The average molecular weight is 369 g/mol. The second-order valence-electron chi connectivity index (χ2n) is 8.28. The summed E-state index contributed by atoms with van der Waals surface area (Å²) in [4.78, 5) is 26.3. The molecule has 0 spiro atoms. The van der Waals surface area contributed by atoms with Crippen LogP contribution in [0.5, 0.6) is 0 Å². The molecule has 5 heteroatoms. The van der Waals surface area contributed by atoms with Crippen molar-refractivity contribution in [3.63, 3.8) is 0 Å². The van der Waals surface area contributed by atoms with Gasteiger partial charge in [-0.2, -0.15) is 0 Å². The van der Waals surface area contributed by atoms with Crippen LogP contribution in [0.3, 0.4) is 0 Å². The topological polar surface area (TPSA) is 75.6 Å². The number of aliphatic hydroxyl groups is 1. The molecule has 2 aromatic rings. The van der Waals surface area contributed by atoms with Crippen molar-refractivity contribution in [1.82, 2.24) is 5.32 Å². The first-order chi connectivity index (χ1) is 12.7. The lowest BCUT2D eigenvalue weighted by molar-refractivity contribution is -0.168. The minimum atomic E-state index is -1.86. The second-order valence-corrected chi connectivity index (χ2v) is 8.28. The Hall–Kier alpha value is -2.24. The van der Waals surface area contributed by atoms with Crippen LogP contribution in [0.15, 0.2) is 42.5 Å². The van der Waals surface area contributed by atoms with Gasteiger partial charge in [0.2, 0.25) is 5.78 Å². The molecule has 1 aliphatic rings. The highest BCUT2D eigenvalue weighted by atomic mass is 16.5. The first kappa shape index (κ1) is 19.5. The molecule has 2 N–H and O–H groups in total. The number of carbonyl (C=O) groups excluding carboxylic acids is 2. The number of nitrogens with one attached hydrogen (secondary N) is 1. The number of methoxy groups -OCH3 is 1. The Bertz CT molecular complexity index is 877. The highest BCUT2D eigenvalue weighted by Gasteiger charge is 2.60. The molecule has 144 valence electrons. The smallest absolute Gasteiger partial charge is 0.333 e. The third-order valence-corrected chi connectivity index (χ3v) is 5.66. The summed E-state index contributed by atoms with van der Waals surface area (Å²) in [5, 5.41) is 16.8. The van der Waals surface area contributed by atoms with Crippen molar-refractivity contribution in [2.75, 3.05) is 13.7 Å². The van der Waals surface area contributed by atoms with Crippen LogP contribution in [0.4, 0.5) is 0 Å². The van der Waals surface area contributed by atoms with Crippen molar-refractivity contribution in [3.05, 3.63) is 48.0 Å². The molecular weight excluding hydrogens is 342 g/mol. The third-order valence-electron chi connectivity index (χ3n) is 5.66. The number of carbonyl (C=O) groups is 2. The van der Waals surface area contributed by atoms with E-state index in [0.717, 1.165) is 10.8 Å². The summed E-state index contributed by atoms with van der Waals surface area (Å²) in [6, 6.07) is 13.3. The summed E-state index contributed by atoms with van der Waals surface area (Å²) in [5.74, 6) is -1.20. The van der Waals surface area contributed by atoms with Crippen molar-refractivity contribution in [3.8, 4) is 0 Å². The molecule has 0 aliphatic carbocycles. The number of fused-ring (bicyclic) bond motifs is 1. The lowest BCUT2D eigenvalue weighted by Crippen LogP contribution is -2.64. The van der Waals surface area contributed by atoms with Crippen LogP contribution < -0.4 is 5.32 Å². The van der Waals surface area contributed by atoms with Crippen molar-refractivity contribution < 1.29 is 19.4 Å². The molecule has 0 saturated carbocycles. The predicted molar refractivity (Wildman–Crippen MR) is 104 cm³/mol. The van der Waals surface area contributed by atoms with Gasteiger partial charge in [0.25, 0.3) is 0 Å². The van der Waals surface area contributed by atoms with Crippen molar-refractivity contribution in [2.24, 2.45) is 5.41 Å². The number of ether oxygens (including phenoxy) is 1. The van der Waals surface area contributed by atoms with Gasteiger partial charge in [-0.1, -0.05) is 57.2 Å². The lowest BCUT2D eigenvalue weighted by atomic mass is 9.65. The van der Waals surface area contributed by atoms with Crippen LogP contribution in [0.1, 0.15) is 39.2 Å². The van der Waals surface area contributed by atoms with E-state index in [1.165, 1.54) is 7.11 Å². The van der Waals surface area contributed by atoms with Crippen LogP contribution in [-0.4, -0.2) is 36.1 Å². The first-order valence-corrected chi connectivity index (χ1v) is 9.27. The van der Waals surface area contributed by atoms with Crippen molar-refractivity contribution in [1.29, 1.82) is 0 Å². The third kappa shape index (κ3) is 2.95. The summed E-state index contributed by atoms with van der Waals surface area (Å²) >= 11 is 0. The van der Waals surface area contributed by atoms with Gasteiger partial charge in [-0.05, 0) is 41.8 Å². The fourth-order valence-electron chi connectivity index (χ4n) is 4.01. The SMILES string of the molecule is COC(=O)[C@]1(C(=O)C(O)(c2ccc3ccccc3c2)C(C)(C)C)CCCN1. The maximum atomic E-state index is 13.8. The zero-order valence-corrected chi connectivity index (χ0v) is 16.3. The van der Waals surface area contributed by atoms with Crippen LogP contribution in [0, 0.1) is 5.41 Å². The molecule has 1 aliphatic heterocycles. The molecule has 3 rings (SSSR count). The molecule has 5 nitrogen and oxygen atoms in total. The molecule has 27 heavy (non-hydrogen) atoms. The minimum Gasteiger partial charge on any atom is -0.467 e. The molecule has 1 unspecified atom stereocenters. The normalized spacial score (nSPS) is 22.4. The van der Waals surface area contributed by atoms with E-state index < -0.39 is 28.3 Å². The Morgan fingerprint density at radius 1 is 1.11 bits per heavy atom. The molecule has 0 amide bonds. The van der Waals surface area contributed by atoms with Gasteiger partial charge in [0.1, 0.15) is 0 Å². The van der Waals surface area contributed by atoms with E-state index in [4.69, 9.17) is 4.74 Å². The highest BCUT2D eigenvalue weighted by Crippen LogP contribution is 2.45. The largest absolute Gasteiger partial charge is 0.467 e. The summed E-state index contributed by atoms with van der Waals surface area (Å²) < 4.78 is 4.94. The summed E-state index contributed by atoms with van der Waals surface area (Å²) in [6.45, 7) is 5.94. The number of hydrogen-bond donors (Lipinski definition) is 2. The predicted octanol–water partition coefficient (Wildman–Crippen LogP) is 2.94. The summed E-state index contributed by atoms with van der Waals surface area (Å²) in [7, 11) is 1.27. The van der Waals surface area contributed by atoms with Gasteiger partial charge >= 0.3 is 5.97 Å². The summed E-state index contributed by atoms with van der Waals surface area (Å²) in [6.07, 6.45) is 0.975. The molecule has 1 fully saturated rings. The van der Waals surface area contributed by atoms with E-state index >= 15 is 0 Å². The number of benzene rings is 2. The number of esters is 1. The summed E-state index contributed by atoms with van der Waals surface area (Å²) in [5.41, 5.74) is -3.74. The average Bonchev–Trinajstić information content (AvgIpc) is 3.15. The number of Topliss-reactive ketones (excluding diaryl/α,β-unsaturated/α-hetero) is 1. The van der Waals surface area contributed by atoms with E-state index in [0.29, 0.717) is 24.9 Å². The number of hydrogen-bond acceptors (Lipinski definition) is 5. The second kappa shape index (κ2) is 6.73. The van der Waals surface area contributed by atoms with Crippen molar-refractivity contribution >= 4 is 22.5 Å². The highest BCUT2D eigenvalue weighted by molar-refractivity contribution is 6.13. The van der Waals surface area contributed by atoms with Crippen LogP contribution >= 0.6 is 0 Å². The van der Waals surface area contributed by atoms with Crippen LogP contribution in [0.2, 0.25) is 0 Å². The molecule has 0 bridgehead atoms.